The Morgan fingerprint density at radius 3 is 1.32 bits per heavy atom. The van der Waals surface area contributed by atoms with Crippen molar-refractivity contribution >= 4 is 15.9 Å². The molecule has 3 aliphatic rings. The second kappa shape index (κ2) is 23.1. The van der Waals surface area contributed by atoms with Crippen LogP contribution in [0.4, 0.5) is 0 Å². The SMILES string of the molecule is C/C(=C\CC[C@]1(C)CCc2c(C)c(C)c(C)c(C)c2O1)CC/C=C(\C)CCC(O)C(C)(C)Br.C/C(=C\CC[C@]1(C)CCc2c(C)c(C)c(C)c(C)c2O1)CC/C=C(\C)CCC1OC1(C)C. The molecular formula is C60H93BrO4. The molecule has 2 aromatic carbocycles. The number of halogens is 1. The molecule has 1 N–H and O–H groups in total. The number of aliphatic hydroxyl groups excluding tert-OH is 1. The monoisotopic (exact) mass is 957 g/mol. The smallest absolute Gasteiger partial charge is 0.126 e. The summed E-state index contributed by atoms with van der Waals surface area (Å²) >= 11 is 3.56. The first-order valence-electron chi connectivity index (χ1n) is 25.4. The van der Waals surface area contributed by atoms with E-state index >= 15 is 0 Å². The maximum Gasteiger partial charge on any atom is 0.126 e. The van der Waals surface area contributed by atoms with Crippen LogP contribution >= 0.6 is 15.9 Å². The van der Waals surface area contributed by atoms with E-state index in [0.29, 0.717) is 6.10 Å². The highest BCUT2D eigenvalue weighted by atomic mass is 79.9. The summed E-state index contributed by atoms with van der Waals surface area (Å²) in [6, 6.07) is 0. The Labute approximate surface area is 407 Å². The van der Waals surface area contributed by atoms with Crippen molar-refractivity contribution < 1.29 is 19.3 Å². The highest BCUT2D eigenvalue weighted by Crippen LogP contribution is 2.44. The van der Waals surface area contributed by atoms with Crippen molar-refractivity contribution in [1.29, 1.82) is 0 Å². The van der Waals surface area contributed by atoms with Crippen molar-refractivity contribution in [2.24, 2.45) is 0 Å². The Morgan fingerprint density at radius 1 is 0.585 bits per heavy atom. The van der Waals surface area contributed by atoms with Crippen molar-refractivity contribution in [1.82, 2.24) is 0 Å². The molecule has 0 amide bonds. The van der Waals surface area contributed by atoms with Crippen LogP contribution in [0.1, 0.15) is 215 Å². The topological polar surface area (TPSA) is 51.2 Å². The van der Waals surface area contributed by atoms with Crippen molar-refractivity contribution in [3.8, 4) is 11.5 Å². The fraction of sp³-hybridized carbons (Fsp3) is 0.667. The number of fused-ring (bicyclic) bond motifs is 2. The van der Waals surface area contributed by atoms with E-state index in [-0.39, 0.29) is 27.2 Å². The fourth-order valence-corrected chi connectivity index (χ4v) is 10.1. The molecule has 364 valence electrons. The van der Waals surface area contributed by atoms with Gasteiger partial charge in [0, 0.05) is 4.32 Å². The van der Waals surface area contributed by atoms with Crippen LogP contribution in [0.5, 0.6) is 11.5 Å². The number of benzene rings is 2. The van der Waals surface area contributed by atoms with Crippen molar-refractivity contribution in [2.75, 3.05) is 0 Å². The summed E-state index contributed by atoms with van der Waals surface area (Å²) in [4.78, 5) is 0. The first kappa shape index (κ1) is 55.0. The third kappa shape index (κ3) is 15.5. The van der Waals surface area contributed by atoms with E-state index in [1.807, 2.05) is 13.8 Å². The fourth-order valence-electron chi connectivity index (χ4n) is 9.87. The maximum atomic E-state index is 10.2. The van der Waals surface area contributed by atoms with Crippen LogP contribution in [0.25, 0.3) is 0 Å². The largest absolute Gasteiger partial charge is 0.487 e. The summed E-state index contributed by atoms with van der Waals surface area (Å²) in [5.74, 6) is 2.32. The maximum absolute atomic E-state index is 10.2. The quantitative estimate of drug-likeness (QED) is 0.0866. The van der Waals surface area contributed by atoms with Gasteiger partial charge in [0.15, 0.2) is 0 Å². The van der Waals surface area contributed by atoms with Gasteiger partial charge in [-0.3, -0.25) is 0 Å². The molecule has 3 aliphatic heterocycles. The lowest BCUT2D eigenvalue weighted by atomic mass is 9.83. The van der Waals surface area contributed by atoms with Crippen LogP contribution in [-0.4, -0.2) is 38.4 Å². The van der Waals surface area contributed by atoms with E-state index in [4.69, 9.17) is 14.2 Å². The second-order valence-electron chi connectivity index (χ2n) is 22.4. The van der Waals surface area contributed by atoms with Gasteiger partial charge in [0.2, 0.25) is 0 Å². The Balaban J connectivity index is 0.000000285. The summed E-state index contributed by atoms with van der Waals surface area (Å²) in [7, 11) is 0. The molecule has 5 heteroatoms. The van der Waals surface area contributed by atoms with Gasteiger partial charge in [-0.2, -0.15) is 0 Å². The Morgan fingerprint density at radius 2 is 0.938 bits per heavy atom. The number of aliphatic hydroxyl groups is 1. The molecule has 0 aliphatic carbocycles. The first-order valence-corrected chi connectivity index (χ1v) is 26.2. The third-order valence-corrected chi connectivity index (χ3v) is 16.5. The van der Waals surface area contributed by atoms with Crippen LogP contribution in [0.3, 0.4) is 0 Å². The number of rotatable bonds is 19. The minimum absolute atomic E-state index is 0.0577. The number of hydrogen-bond acceptors (Lipinski definition) is 4. The summed E-state index contributed by atoms with van der Waals surface area (Å²) in [6.07, 6.45) is 27.0. The molecule has 5 rings (SSSR count). The standard InChI is InChI=1S/C30H47BrO2.C30H46O2/c1-20(12-10-13-21(2)15-16-27(32)29(7,8)31)14-11-18-30(9)19-17-26-24(5)22(3)23(4)25(6)28(26)33-30;1-20(12-10-13-21(2)15-16-27-29(7,8)31-27)14-11-18-30(9)19-17-26-24(5)22(3)23(4)25(6)28(26)32-30/h13-14,27,32H,10-12,15-19H2,1-9H3;13-14,27H,10-12,15-19H2,1-9H3/b2*20-14+,21-13+/t2*27?,30-/m11/s1. The summed E-state index contributed by atoms with van der Waals surface area (Å²) < 4.78 is 18.8. The molecule has 65 heavy (non-hydrogen) atoms. The predicted octanol–water partition coefficient (Wildman–Crippen LogP) is 17.2. The Hall–Kier alpha value is -2.60. The molecule has 4 atom stereocenters. The van der Waals surface area contributed by atoms with E-state index in [1.165, 1.54) is 83.7 Å². The van der Waals surface area contributed by atoms with Gasteiger partial charge in [-0.15, -0.1) is 0 Å². The van der Waals surface area contributed by atoms with Gasteiger partial charge < -0.3 is 19.3 Å². The van der Waals surface area contributed by atoms with Crippen LogP contribution in [0.2, 0.25) is 0 Å². The van der Waals surface area contributed by atoms with Gasteiger partial charge in [0.1, 0.15) is 22.7 Å². The average molecular weight is 958 g/mol. The molecule has 4 nitrogen and oxygen atoms in total. The van der Waals surface area contributed by atoms with Gasteiger partial charge in [-0.1, -0.05) is 62.5 Å². The summed E-state index contributed by atoms with van der Waals surface area (Å²) in [5, 5.41) is 10.2. The van der Waals surface area contributed by atoms with Gasteiger partial charge >= 0.3 is 0 Å². The zero-order valence-corrected chi connectivity index (χ0v) is 46.4. The van der Waals surface area contributed by atoms with E-state index in [9.17, 15) is 5.11 Å². The minimum atomic E-state index is -0.321. The van der Waals surface area contributed by atoms with Crippen LogP contribution in [-0.2, 0) is 17.6 Å². The molecule has 0 aromatic heterocycles. The lowest BCUT2D eigenvalue weighted by molar-refractivity contribution is 0.0557. The number of hydrogen-bond donors (Lipinski definition) is 1. The van der Waals surface area contributed by atoms with Crippen LogP contribution in [0.15, 0.2) is 46.6 Å². The summed E-state index contributed by atoms with van der Waals surface area (Å²) in [6.45, 7) is 39.9. The Bertz CT molecular complexity index is 2090. The molecule has 1 saturated heterocycles. The second-order valence-corrected chi connectivity index (χ2v) is 24.5. The molecule has 0 spiro atoms. The van der Waals surface area contributed by atoms with Crippen LogP contribution in [0, 0.1) is 55.4 Å². The molecule has 2 aromatic rings. The molecule has 0 saturated carbocycles. The number of epoxide rings is 1. The zero-order chi connectivity index (χ0) is 48.7. The Kier molecular flexibility index (Phi) is 19.6. The highest BCUT2D eigenvalue weighted by molar-refractivity contribution is 9.10. The number of alkyl halides is 1. The zero-order valence-electron chi connectivity index (χ0n) is 44.8. The summed E-state index contributed by atoms with van der Waals surface area (Å²) in [5.41, 5.74) is 19.8. The van der Waals surface area contributed by atoms with Crippen molar-refractivity contribution in [3.63, 3.8) is 0 Å². The lowest BCUT2D eigenvalue weighted by Gasteiger charge is -2.38. The van der Waals surface area contributed by atoms with Gasteiger partial charge in [0.25, 0.3) is 0 Å². The molecular weight excluding hydrogens is 865 g/mol. The van der Waals surface area contributed by atoms with E-state index in [1.54, 1.807) is 0 Å². The van der Waals surface area contributed by atoms with Crippen molar-refractivity contribution in [3.05, 3.63) is 102 Å². The van der Waals surface area contributed by atoms with Gasteiger partial charge in [-0.25, -0.2) is 0 Å². The first-order chi connectivity index (χ1) is 30.2. The lowest BCUT2D eigenvalue weighted by Crippen LogP contribution is -2.37. The third-order valence-electron chi connectivity index (χ3n) is 16.0. The molecule has 0 bridgehead atoms. The van der Waals surface area contributed by atoms with E-state index < -0.39 is 0 Å². The van der Waals surface area contributed by atoms with Gasteiger partial charge in [-0.05, 0) is 283 Å². The molecule has 2 unspecified atom stereocenters. The number of allylic oxidation sites excluding steroid dienone is 8. The molecule has 1 fully saturated rings. The van der Waals surface area contributed by atoms with Crippen LogP contribution < -0.4 is 9.47 Å². The highest BCUT2D eigenvalue weighted by Gasteiger charge is 2.46. The van der Waals surface area contributed by atoms with Gasteiger partial charge in [0.05, 0.1) is 17.8 Å². The van der Waals surface area contributed by atoms with E-state index in [2.05, 4.69) is 151 Å². The van der Waals surface area contributed by atoms with Crippen molar-refractivity contribution in [2.45, 2.75) is 261 Å². The predicted molar refractivity (Wildman–Crippen MR) is 284 cm³/mol. The molecule has 0 radical (unpaired) electrons. The number of ether oxygens (including phenoxy) is 3. The normalized spacial score (nSPS) is 22.6. The average Bonchev–Trinajstić information content (AvgIpc) is 3.86. The minimum Gasteiger partial charge on any atom is -0.487 e. The van der Waals surface area contributed by atoms with E-state index in [0.717, 1.165) is 108 Å². The molecule has 3 heterocycles.